The minimum Gasteiger partial charge on any atom is -0.380 e. The van der Waals surface area contributed by atoms with Crippen molar-refractivity contribution in [3.8, 4) is 5.69 Å². The lowest BCUT2D eigenvalue weighted by molar-refractivity contribution is 0.626. The molecule has 0 aliphatic rings. The summed E-state index contributed by atoms with van der Waals surface area (Å²) in [7, 11) is 0. The Hall–Kier alpha value is -2.47. The summed E-state index contributed by atoms with van der Waals surface area (Å²) in [4.78, 5) is 0. The van der Waals surface area contributed by atoms with Crippen LogP contribution in [0.5, 0.6) is 0 Å². The molecule has 3 rings (SSSR count). The molecule has 106 valence electrons. The lowest BCUT2D eigenvalue weighted by Gasteiger charge is -2.10. The maximum absolute atomic E-state index is 13.1. The molecule has 0 unspecified atom stereocenters. The van der Waals surface area contributed by atoms with Gasteiger partial charge < -0.3 is 5.32 Å². The van der Waals surface area contributed by atoms with E-state index in [4.69, 9.17) is 11.6 Å². The van der Waals surface area contributed by atoms with Crippen molar-refractivity contribution in [3.63, 3.8) is 0 Å². The number of tetrazole rings is 1. The predicted molar refractivity (Wildman–Crippen MR) is 77.9 cm³/mol. The Morgan fingerprint density at radius 3 is 2.86 bits per heavy atom. The average molecular weight is 304 g/mol. The van der Waals surface area contributed by atoms with E-state index in [1.807, 2.05) is 18.2 Å². The van der Waals surface area contributed by atoms with E-state index in [1.54, 1.807) is 12.1 Å². The highest BCUT2D eigenvalue weighted by molar-refractivity contribution is 6.33. The fourth-order valence-corrected chi connectivity index (χ4v) is 2.10. The summed E-state index contributed by atoms with van der Waals surface area (Å²) in [6.07, 6.45) is 1.50. The van der Waals surface area contributed by atoms with E-state index in [-0.39, 0.29) is 5.82 Å². The van der Waals surface area contributed by atoms with Gasteiger partial charge in [0.1, 0.15) is 12.1 Å². The normalized spacial score (nSPS) is 10.6. The number of rotatable bonds is 4. The van der Waals surface area contributed by atoms with Crippen molar-refractivity contribution in [2.75, 3.05) is 5.32 Å². The van der Waals surface area contributed by atoms with Crippen molar-refractivity contribution >= 4 is 17.3 Å². The highest BCUT2D eigenvalue weighted by Gasteiger charge is 2.05. The smallest absolute Gasteiger partial charge is 0.143 e. The van der Waals surface area contributed by atoms with E-state index in [1.165, 1.54) is 23.1 Å². The molecule has 1 aromatic heterocycles. The number of anilines is 1. The topological polar surface area (TPSA) is 55.6 Å². The summed E-state index contributed by atoms with van der Waals surface area (Å²) in [5, 5.41) is 14.8. The largest absolute Gasteiger partial charge is 0.380 e. The van der Waals surface area contributed by atoms with Gasteiger partial charge in [0.2, 0.25) is 0 Å². The van der Waals surface area contributed by atoms with Crippen LogP contribution in [0.3, 0.4) is 0 Å². The summed E-state index contributed by atoms with van der Waals surface area (Å²) in [5.74, 6) is -0.261. The fraction of sp³-hybridized carbons (Fsp3) is 0.0714. The zero-order valence-electron chi connectivity index (χ0n) is 10.9. The second-order valence-corrected chi connectivity index (χ2v) is 4.81. The van der Waals surface area contributed by atoms with Gasteiger partial charge in [-0.25, -0.2) is 9.07 Å². The number of halogens is 2. The number of nitrogens with one attached hydrogen (secondary N) is 1. The fourth-order valence-electron chi connectivity index (χ4n) is 1.92. The maximum atomic E-state index is 13.1. The molecule has 3 aromatic rings. The van der Waals surface area contributed by atoms with Crippen LogP contribution in [-0.4, -0.2) is 20.2 Å². The summed E-state index contributed by atoms with van der Waals surface area (Å²) in [5.41, 5.74) is 2.35. The summed E-state index contributed by atoms with van der Waals surface area (Å²) in [6.45, 7) is 0.469. The standard InChI is InChI=1S/C14H11ClFN5/c15-13-5-4-12(21-9-18-19-20-21)7-14(13)17-8-10-2-1-3-11(16)6-10/h1-7,9,17H,8H2. The van der Waals surface area contributed by atoms with Crippen molar-refractivity contribution < 1.29 is 4.39 Å². The number of aromatic nitrogens is 4. The Morgan fingerprint density at radius 1 is 1.19 bits per heavy atom. The number of nitrogens with zero attached hydrogens (tertiary/aromatic N) is 4. The zero-order valence-corrected chi connectivity index (χ0v) is 11.6. The summed E-state index contributed by atoms with van der Waals surface area (Å²) >= 11 is 6.16. The second-order valence-electron chi connectivity index (χ2n) is 4.40. The van der Waals surface area contributed by atoms with Crippen LogP contribution < -0.4 is 5.32 Å². The van der Waals surface area contributed by atoms with Gasteiger partial charge in [0, 0.05) is 6.54 Å². The van der Waals surface area contributed by atoms with Crippen molar-refractivity contribution in [2.24, 2.45) is 0 Å². The molecular weight excluding hydrogens is 293 g/mol. The average Bonchev–Trinajstić information content (AvgIpc) is 3.01. The van der Waals surface area contributed by atoms with Crippen molar-refractivity contribution in [1.82, 2.24) is 20.2 Å². The van der Waals surface area contributed by atoms with Crippen LogP contribution in [0.4, 0.5) is 10.1 Å². The monoisotopic (exact) mass is 303 g/mol. The Morgan fingerprint density at radius 2 is 2.10 bits per heavy atom. The van der Waals surface area contributed by atoms with Gasteiger partial charge in [0.05, 0.1) is 16.4 Å². The van der Waals surface area contributed by atoms with Gasteiger partial charge in [0.25, 0.3) is 0 Å². The molecule has 0 radical (unpaired) electrons. The van der Waals surface area contributed by atoms with Crippen molar-refractivity contribution in [1.29, 1.82) is 0 Å². The molecular formula is C14H11ClFN5. The molecule has 0 fully saturated rings. The molecule has 1 N–H and O–H groups in total. The first-order valence-corrected chi connectivity index (χ1v) is 6.61. The van der Waals surface area contributed by atoms with Crippen LogP contribution >= 0.6 is 11.6 Å². The van der Waals surface area contributed by atoms with Gasteiger partial charge in [0.15, 0.2) is 0 Å². The van der Waals surface area contributed by atoms with Gasteiger partial charge in [-0.15, -0.1) is 5.10 Å². The van der Waals surface area contributed by atoms with Crippen LogP contribution in [0, 0.1) is 5.82 Å². The molecule has 0 saturated heterocycles. The number of benzene rings is 2. The third kappa shape index (κ3) is 3.17. The molecule has 0 aliphatic carbocycles. The molecule has 7 heteroatoms. The molecule has 5 nitrogen and oxygen atoms in total. The minimum atomic E-state index is -0.261. The Labute approximate surface area is 125 Å². The quantitative estimate of drug-likeness (QED) is 0.805. The van der Waals surface area contributed by atoms with Crippen LogP contribution in [0.1, 0.15) is 5.56 Å². The molecule has 0 aliphatic heterocycles. The Kier molecular flexibility index (Phi) is 3.79. The summed E-state index contributed by atoms with van der Waals surface area (Å²) < 4.78 is 14.7. The van der Waals surface area contributed by atoms with Crippen LogP contribution in [-0.2, 0) is 6.54 Å². The third-order valence-electron chi connectivity index (χ3n) is 2.94. The van der Waals surface area contributed by atoms with Gasteiger partial charge in [-0.3, -0.25) is 0 Å². The molecule has 0 saturated carbocycles. The SMILES string of the molecule is Fc1cccc(CNc2cc(-n3cnnn3)ccc2Cl)c1. The van der Waals surface area contributed by atoms with E-state index in [0.717, 1.165) is 16.9 Å². The van der Waals surface area contributed by atoms with Crippen LogP contribution in [0.25, 0.3) is 5.69 Å². The molecule has 0 bridgehead atoms. The lowest BCUT2D eigenvalue weighted by atomic mass is 10.2. The molecule has 0 spiro atoms. The molecule has 1 heterocycles. The van der Waals surface area contributed by atoms with Gasteiger partial charge >= 0.3 is 0 Å². The van der Waals surface area contributed by atoms with E-state index in [9.17, 15) is 4.39 Å². The second kappa shape index (κ2) is 5.88. The van der Waals surface area contributed by atoms with Crippen molar-refractivity contribution in [3.05, 3.63) is 65.2 Å². The Balaban J connectivity index is 1.80. The Bertz CT molecular complexity index is 745. The lowest BCUT2D eigenvalue weighted by Crippen LogP contribution is -2.02. The van der Waals surface area contributed by atoms with E-state index in [2.05, 4.69) is 20.8 Å². The highest BCUT2D eigenvalue weighted by Crippen LogP contribution is 2.25. The molecule has 0 atom stereocenters. The number of hydrogen-bond donors (Lipinski definition) is 1. The first kappa shape index (κ1) is 13.5. The van der Waals surface area contributed by atoms with Gasteiger partial charge in [-0.1, -0.05) is 23.7 Å². The van der Waals surface area contributed by atoms with Gasteiger partial charge in [-0.05, 0) is 46.3 Å². The highest BCUT2D eigenvalue weighted by atomic mass is 35.5. The van der Waals surface area contributed by atoms with Crippen LogP contribution in [0.2, 0.25) is 5.02 Å². The zero-order chi connectivity index (χ0) is 14.7. The van der Waals surface area contributed by atoms with E-state index in [0.29, 0.717) is 11.6 Å². The van der Waals surface area contributed by atoms with Crippen LogP contribution in [0.15, 0.2) is 48.8 Å². The predicted octanol–water partition coefficient (Wildman–Crippen LogP) is 3.07. The van der Waals surface area contributed by atoms with E-state index >= 15 is 0 Å². The first-order chi connectivity index (χ1) is 10.2. The molecule has 0 amide bonds. The molecule has 2 aromatic carbocycles. The molecule has 21 heavy (non-hydrogen) atoms. The van der Waals surface area contributed by atoms with E-state index < -0.39 is 0 Å². The number of hydrogen-bond acceptors (Lipinski definition) is 4. The third-order valence-corrected chi connectivity index (χ3v) is 3.27. The van der Waals surface area contributed by atoms with Gasteiger partial charge in [-0.2, -0.15) is 0 Å². The minimum absolute atomic E-state index is 0.261. The van der Waals surface area contributed by atoms with Crippen molar-refractivity contribution in [2.45, 2.75) is 6.54 Å². The maximum Gasteiger partial charge on any atom is 0.143 e. The summed E-state index contributed by atoms with van der Waals surface area (Å²) in [6, 6.07) is 11.8. The first-order valence-electron chi connectivity index (χ1n) is 6.23.